The first-order valence-corrected chi connectivity index (χ1v) is 19.9. The predicted octanol–water partition coefficient (Wildman–Crippen LogP) is 8.46. The van der Waals surface area contributed by atoms with Gasteiger partial charge in [0.2, 0.25) is 8.32 Å². The number of nitrogens with one attached hydrogen (secondary N) is 1. The normalized spacial score (nSPS) is 16.9. The lowest BCUT2D eigenvalue weighted by molar-refractivity contribution is 0.00667. The Labute approximate surface area is 297 Å². The molecule has 2 atom stereocenters. The molecule has 1 N–H and O–H groups in total. The van der Waals surface area contributed by atoms with Crippen LogP contribution in [0.25, 0.3) is 11.1 Å². The van der Waals surface area contributed by atoms with Gasteiger partial charge in [-0.2, -0.15) is 0 Å². The Bertz CT molecular complexity index is 1640. The first kappa shape index (κ1) is 38.3. The third kappa shape index (κ3) is 9.80. The number of amides is 2. The first-order valence-electron chi connectivity index (χ1n) is 17.0. The molecule has 4 rings (SSSR count). The van der Waals surface area contributed by atoms with E-state index in [4.69, 9.17) is 23.4 Å². The smallest absolute Gasteiger partial charge is 0.411 e. The van der Waals surface area contributed by atoms with Crippen LogP contribution in [0.5, 0.6) is 17.2 Å². The zero-order chi connectivity index (χ0) is 36.9. The zero-order valence-corrected chi connectivity index (χ0v) is 32.0. The van der Waals surface area contributed by atoms with Crippen LogP contribution in [0.4, 0.5) is 4.79 Å². The fourth-order valence-electron chi connectivity index (χ4n) is 5.31. The van der Waals surface area contributed by atoms with Crippen LogP contribution in [-0.4, -0.2) is 69.8 Å². The maximum atomic E-state index is 13.6. The number of hydrogen-bond donors (Lipinski definition) is 1. The number of hydrogen-bond acceptors (Lipinski definition) is 8. The zero-order valence-electron chi connectivity index (χ0n) is 31.0. The van der Waals surface area contributed by atoms with Crippen LogP contribution in [0.15, 0.2) is 66.7 Å². The topological polar surface area (TPSA) is 113 Å². The first-order chi connectivity index (χ1) is 23.4. The predicted molar refractivity (Wildman–Crippen MR) is 196 cm³/mol. The second-order valence-electron chi connectivity index (χ2n) is 15.1. The summed E-state index contributed by atoms with van der Waals surface area (Å²) in [5, 5.41) is 3.04. The van der Waals surface area contributed by atoms with E-state index in [0.29, 0.717) is 47.8 Å². The Kier molecular flexibility index (Phi) is 11.9. The molecule has 50 heavy (non-hydrogen) atoms. The number of rotatable bonds is 9. The van der Waals surface area contributed by atoms with Crippen molar-refractivity contribution in [1.82, 2.24) is 10.2 Å². The van der Waals surface area contributed by atoms with Crippen molar-refractivity contribution in [1.29, 1.82) is 0 Å². The van der Waals surface area contributed by atoms with Gasteiger partial charge in [-0.15, -0.1) is 0 Å². The Morgan fingerprint density at radius 2 is 1.40 bits per heavy atom. The molecular weight excluding hydrogens is 653 g/mol. The summed E-state index contributed by atoms with van der Waals surface area (Å²) in [6, 6.07) is 19.8. The van der Waals surface area contributed by atoms with Crippen LogP contribution in [0.3, 0.4) is 0 Å². The molecule has 1 aliphatic rings. The molecule has 0 aliphatic carbocycles. The van der Waals surface area contributed by atoms with Gasteiger partial charge in [0.15, 0.2) is 11.5 Å². The Hall–Kier alpha value is -4.51. The molecule has 0 bridgehead atoms. The number of esters is 1. The highest BCUT2D eigenvalue weighted by Gasteiger charge is 2.39. The lowest BCUT2D eigenvalue weighted by Gasteiger charge is -2.36. The molecule has 270 valence electrons. The molecule has 3 aromatic rings. The van der Waals surface area contributed by atoms with E-state index in [-0.39, 0.29) is 17.4 Å². The van der Waals surface area contributed by atoms with E-state index in [1.807, 2.05) is 30.3 Å². The van der Waals surface area contributed by atoms with Gasteiger partial charge < -0.3 is 28.7 Å². The quantitative estimate of drug-likeness (QED) is 0.174. The van der Waals surface area contributed by atoms with Gasteiger partial charge in [0.1, 0.15) is 23.6 Å². The van der Waals surface area contributed by atoms with E-state index < -0.39 is 38.3 Å². The molecule has 0 aromatic heterocycles. The summed E-state index contributed by atoms with van der Waals surface area (Å²) < 4.78 is 28.8. The van der Waals surface area contributed by atoms with Gasteiger partial charge in [-0.3, -0.25) is 9.69 Å². The molecule has 2 unspecified atom stereocenters. The molecule has 0 radical (unpaired) electrons. The van der Waals surface area contributed by atoms with Gasteiger partial charge in [-0.1, -0.05) is 39.0 Å². The van der Waals surface area contributed by atoms with E-state index in [2.05, 4.69) is 39.2 Å². The summed E-state index contributed by atoms with van der Waals surface area (Å²) in [7, 11) is 1.12. The number of likely N-dealkylation sites (tertiary alicyclic amines) is 1. The lowest BCUT2D eigenvalue weighted by Crippen LogP contribution is -2.52. The number of nitrogens with zero attached hydrogens (tertiary/aromatic N) is 1. The van der Waals surface area contributed by atoms with Crippen LogP contribution < -0.4 is 19.2 Å². The maximum Gasteiger partial charge on any atom is 0.411 e. The number of carbonyl (C=O) groups excluding carboxylic acids is 3. The molecule has 3 aromatic carbocycles. The minimum absolute atomic E-state index is 0.0308. The van der Waals surface area contributed by atoms with Crippen molar-refractivity contribution in [2.24, 2.45) is 0 Å². The fraction of sp³-hybridized carbons (Fsp3) is 0.462. The summed E-state index contributed by atoms with van der Waals surface area (Å²) in [6.07, 6.45) is -0.590. The van der Waals surface area contributed by atoms with Crippen molar-refractivity contribution >= 4 is 26.3 Å². The molecule has 1 fully saturated rings. The van der Waals surface area contributed by atoms with Crippen molar-refractivity contribution < 1.29 is 37.8 Å². The Balaban J connectivity index is 1.49. The van der Waals surface area contributed by atoms with Gasteiger partial charge in [-0.05, 0) is 111 Å². The second kappa shape index (κ2) is 15.6. The van der Waals surface area contributed by atoms with Crippen LogP contribution in [-0.2, 0) is 9.47 Å². The minimum Gasteiger partial charge on any atom is -0.544 e. The summed E-state index contributed by atoms with van der Waals surface area (Å²) in [5.74, 6) is 1.10. The molecule has 1 saturated heterocycles. The standard InChI is InChI=1S/C39H52N2O8Si/c1-38(2,3)48-37(44)41-23-11-12-31(25-34(41)40-35(42)27-17-20-30(21-18-27)49-50(9,10)39(4,5)6)47-36(43)28-15-13-26(14-16-28)29-19-22-32(45-7)33(24-29)46-8/h13-22,24,31,34H,11-12,23,25H2,1-10H3,(H,40,42). The fourth-order valence-corrected chi connectivity index (χ4v) is 6.34. The lowest BCUT2D eigenvalue weighted by atomic mass is 10.0. The second-order valence-corrected chi connectivity index (χ2v) is 19.8. The molecule has 0 spiro atoms. The Morgan fingerprint density at radius 3 is 1.98 bits per heavy atom. The van der Waals surface area contributed by atoms with E-state index >= 15 is 0 Å². The summed E-state index contributed by atoms with van der Waals surface area (Å²) in [6.45, 7) is 16.6. The highest BCUT2D eigenvalue weighted by atomic mass is 28.4. The molecule has 0 saturated carbocycles. The van der Waals surface area contributed by atoms with Crippen molar-refractivity contribution in [3.05, 3.63) is 77.9 Å². The number of methoxy groups -OCH3 is 2. The van der Waals surface area contributed by atoms with E-state index in [1.54, 1.807) is 71.4 Å². The van der Waals surface area contributed by atoms with Crippen molar-refractivity contribution in [3.8, 4) is 28.4 Å². The van der Waals surface area contributed by atoms with Crippen LogP contribution in [0, 0.1) is 0 Å². The van der Waals surface area contributed by atoms with Gasteiger partial charge in [-0.25, -0.2) is 9.59 Å². The van der Waals surface area contributed by atoms with Gasteiger partial charge in [0, 0.05) is 18.5 Å². The SMILES string of the molecule is COc1ccc(-c2ccc(C(=O)OC3CCCN(C(=O)OC(C)(C)C)C(NC(=O)c4ccc(O[Si](C)(C)C(C)(C)C)cc4)C3)cc2)cc1OC. The summed E-state index contributed by atoms with van der Waals surface area (Å²) >= 11 is 0. The third-order valence-electron chi connectivity index (χ3n) is 9.12. The largest absolute Gasteiger partial charge is 0.544 e. The van der Waals surface area contributed by atoms with E-state index in [0.717, 1.165) is 11.1 Å². The minimum atomic E-state index is -2.05. The number of benzene rings is 3. The molecule has 11 heteroatoms. The van der Waals surface area contributed by atoms with Gasteiger partial charge >= 0.3 is 12.1 Å². The van der Waals surface area contributed by atoms with E-state index in [9.17, 15) is 14.4 Å². The molecular formula is C39H52N2O8Si. The van der Waals surface area contributed by atoms with Crippen LogP contribution in [0.1, 0.15) is 81.5 Å². The Morgan fingerprint density at radius 1 is 0.800 bits per heavy atom. The van der Waals surface area contributed by atoms with Gasteiger partial charge in [0.25, 0.3) is 5.91 Å². The molecule has 1 aliphatic heterocycles. The molecule has 10 nitrogen and oxygen atoms in total. The summed E-state index contributed by atoms with van der Waals surface area (Å²) in [5.41, 5.74) is 1.89. The highest BCUT2D eigenvalue weighted by molar-refractivity contribution is 6.74. The average molecular weight is 705 g/mol. The van der Waals surface area contributed by atoms with Gasteiger partial charge in [0.05, 0.1) is 19.8 Å². The molecule has 2 amide bonds. The monoisotopic (exact) mass is 704 g/mol. The summed E-state index contributed by atoms with van der Waals surface area (Å²) in [4.78, 5) is 41.8. The number of carbonyl (C=O) groups is 3. The van der Waals surface area contributed by atoms with E-state index in [1.165, 1.54) is 4.90 Å². The van der Waals surface area contributed by atoms with Crippen molar-refractivity contribution in [3.63, 3.8) is 0 Å². The molecule has 1 heterocycles. The maximum absolute atomic E-state index is 13.6. The van der Waals surface area contributed by atoms with Crippen LogP contribution in [0.2, 0.25) is 18.1 Å². The van der Waals surface area contributed by atoms with Crippen molar-refractivity contribution in [2.75, 3.05) is 20.8 Å². The van der Waals surface area contributed by atoms with Crippen molar-refractivity contribution in [2.45, 2.75) is 96.8 Å². The van der Waals surface area contributed by atoms with Crippen LogP contribution >= 0.6 is 0 Å². The third-order valence-corrected chi connectivity index (χ3v) is 13.5. The highest BCUT2D eigenvalue weighted by Crippen LogP contribution is 2.37. The average Bonchev–Trinajstić information content (AvgIpc) is 3.24. The number of ether oxygens (including phenoxy) is 4.